The normalized spacial score (nSPS) is 39.6. The molecular formula is C16H23NO2S2. The molecule has 4 aliphatic carbocycles. The van der Waals surface area contributed by atoms with E-state index in [1.54, 1.807) is 12.1 Å². The molecule has 0 radical (unpaired) electrons. The summed E-state index contributed by atoms with van der Waals surface area (Å²) in [5.74, 6) is 2.56. The number of thiophene rings is 1. The van der Waals surface area contributed by atoms with Crippen molar-refractivity contribution in [2.24, 2.45) is 28.9 Å². The van der Waals surface area contributed by atoms with Crippen LogP contribution in [0.15, 0.2) is 21.7 Å². The van der Waals surface area contributed by atoms with Crippen LogP contribution in [0.25, 0.3) is 0 Å². The molecule has 1 heterocycles. The van der Waals surface area contributed by atoms with Crippen molar-refractivity contribution in [1.82, 2.24) is 0 Å². The molecule has 4 fully saturated rings. The fraction of sp³-hybridized carbons (Fsp3) is 0.750. The van der Waals surface area contributed by atoms with Gasteiger partial charge in [-0.2, -0.15) is 0 Å². The summed E-state index contributed by atoms with van der Waals surface area (Å²) in [6, 6.07) is 3.30. The van der Waals surface area contributed by atoms with Crippen LogP contribution in [0.1, 0.15) is 38.5 Å². The van der Waals surface area contributed by atoms with Crippen LogP contribution in [0.5, 0.6) is 0 Å². The van der Waals surface area contributed by atoms with Gasteiger partial charge in [-0.25, -0.2) is 8.42 Å². The quantitative estimate of drug-likeness (QED) is 0.925. The SMILES string of the molecule is NC(CS(=O)(=O)c1cccs1)C12CC3CC(CC(C3)C1)C2. The molecule has 0 aromatic carbocycles. The predicted molar refractivity (Wildman–Crippen MR) is 85.0 cm³/mol. The van der Waals surface area contributed by atoms with Gasteiger partial charge in [-0.1, -0.05) is 6.07 Å². The average Bonchev–Trinajstić information content (AvgIpc) is 2.90. The average molecular weight is 325 g/mol. The summed E-state index contributed by atoms with van der Waals surface area (Å²) in [6.07, 6.45) is 7.59. The summed E-state index contributed by atoms with van der Waals surface area (Å²) in [4.78, 5) is 0. The predicted octanol–water partition coefficient (Wildman–Crippen LogP) is 3.07. The highest BCUT2D eigenvalue weighted by atomic mass is 32.2. The van der Waals surface area contributed by atoms with Gasteiger partial charge in [0.2, 0.25) is 0 Å². The first-order valence-electron chi connectivity index (χ1n) is 7.99. The van der Waals surface area contributed by atoms with Crippen molar-refractivity contribution in [2.45, 2.75) is 48.8 Å². The van der Waals surface area contributed by atoms with Crippen molar-refractivity contribution in [3.05, 3.63) is 17.5 Å². The lowest BCUT2D eigenvalue weighted by molar-refractivity contribution is -0.0632. The molecule has 116 valence electrons. The van der Waals surface area contributed by atoms with E-state index in [1.165, 1.54) is 49.9 Å². The third-order valence-electron chi connectivity index (χ3n) is 6.07. The fourth-order valence-corrected chi connectivity index (χ4v) is 8.25. The number of rotatable bonds is 4. The lowest BCUT2D eigenvalue weighted by atomic mass is 9.48. The third kappa shape index (κ3) is 2.37. The fourth-order valence-electron chi connectivity index (χ4n) is 5.57. The van der Waals surface area contributed by atoms with E-state index in [9.17, 15) is 8.42 Å². The van der Waals surface area contributed by atoms with Crippen LogP contribution in [0.2, 0.25) is 0 Å². The molecule has 4 aliphatic rings. The van der Waals surface area contributed by atoms with E-state index in [0.29, 0.717) is 4.21 Å². The standard InChI is InChI=1S/C16H23NO2S2/c17-14(10-21(18,19)15-2-1-3-20-15)16-7-11-4-12(8-16)6-13(5-11)9-16/h1-3,11-14H,4-10,17H2. The van der Waals surface area contributed by atoms with Crippen molar-refractivity contribution in [2.75, 3.05) is 5.75 Å². The Kier molecular flexibility index (Phi) is 3.25. The second kappa shape index (κ2) is 4.80. The van der Waals surface area contributed by atoms with Gasteiger partial charge in [0.25, 0.3) is 0 Å². The molecule has 0 spiro atoms. The summed E-state index contributed by atoms with van der Waals surface area (Å²) < 4.78 is 25.5. The smallest absolute Gasteiger partial charge is 0.189 e. The van der Waals surface area contributed by atoms with Crippen molar-refractivity contribution >= 4 is 21.2 Å². The minimum Gasteiger partial charge on any atom is -0.326 e. The van der Waals surface area contributed by atoms with Gasteiger partial charge >= 0.3 is 0 Å². The molecule has 1 aromatic heterocycles. The largest absolute Gasteiger partial charge is 0.326 e. The Morgan fingerprint density at radius 1 is 1.19 bits per heavy atom. The van der Waals surface area contributed by atoms with E-state index in [4.69, 9.17) is 5.73 Å². The highest BCUT2D eigenvalue weighted by Crippen LogP contribution is 2.61. The van der Waals surface area contributed by atoms with Gasteiger partial charge in [0.05, 0.1) is 5.75 Å². The van der Waals surface area contributed by atoms with Gasteiger partial charge < -0.3 is 5.73 Å². The number of nitrogens with two attached hydrogens (primary N) is 1. The zero-order valence-electron chi connectivity index (χ0n) is 12.2. The van der Waals surface area contributed by atoms with Crippen LogP contribution in [0, 0.1) is 23.2 Å². The maximum absolute atomic E-state index is 12.5. The second-order valence-corrected chi connectivity index (χ2v) is 10.8. The molecule has 2 N–H and O–H groups in total. The first-order chi connectivity index (χ1) is 9.97. The Morgan fingerprint density at radius 3 is 2.24 bits per heavy atom. The molecule has 4 bridgehead atoms. The van der Waals surface area contributed by atoms with Crippen LogP contribution in [-0.4, -0.2) is 20.2 Å². The minimum atomic E-state index is -3.22. The van der Waals surface area contributed by atoms with Gasteiger partial charge in [0.1, 0.15) is 4.21 Å². The van der Waals surface area contributed by atoms with Crippen LogP contribution in [0.4, 0.5) is 0 Å². The lowest BCUT2D eigenvalue weighted by Gasteiger charge is -2.58. The summed E-state index contributed by atoms with van der Waals surface area (Å²) in [5, 5.41) is 1.82. The Bertz CT molecular complexity index is 585. The Morgan fingerprint density at radius 2 is 1.76 bits per heavy atom. The molecule has 21 heavy (non-hydrogen) atoms. The van der Waals surface area contributed by atoms with Gasteiger partial charge in [-0.05, 0) is 73.1 Å². The molecule has 5 rings (SSSR count). The lowest BCUT2D eigenvalue weighted by Crippen LogP contribution is -2.56. The van der Waals surface area contributed by atoms with Crippen molar-refractivity contribution in [1.29, 1.82) is 0 Å². The maximum atomic E-state index is 12.5. The van der Waals surface area contributed by atoms with Crippen LogP contribution in [-0.2, 0) is 9.84 Å². The van der Waals surface area contributed by atoms with Gasteiger partial charge in [0, 0.05) is 6.04 Å². The summed E-state index contributed by atoms with van der Waals surface area (Å²) in [7, 11) is -3.22. The zero-order chi connectivity index (χ0) is 14.7. The number of sulfone groups is 1. The molecule has 0 amide bonds. The second-order valence-electron chi connectivity index (χ2n) is 7.60. The molecular weight excluding hydrogens is 302 g/mol. The van der Waals surface area contributed by atoms with Crippen molar-refractivity contribution < 1.29 is 8.42 Å². The third-order valence-corrected chi connectivity index (χ3v) is 9.33. The Labute approximate surface area is 130 Å². The summed E-state index contributed by atoms with van der Waals surface area (Å²) in [6.45, 7) is 0. The Balaban J connectivity index is 1.56. The molecule has 3 nitrogen and oxygen atoms in total. The van der Waals surface area contributed by atoms with Crippen molar-refractivity contribution in [3.63, 3.8) is 0 Å². The maximum Gasteiger partial charge on any atom is 0.189 e. The number of hydrogen-bond acceptors (Lipinski definition) is 4. The molecule has 1 atom stereocenters. The van der Waals surface area contributed by atoms with Gasteiger partial charge in [-0.15, -0.1) is 11.3 Å². The minimum absolute atomic E-state index is 0.110. The zero-order valence-corrected chi connectivity index (χ0v) is 13.8. The molecule has 5 heteroatoms. The Hall–Kier alpha value is -0.390. The molecule has 1 aromatic rings. The van der Waals surface area contributed by atoms with E-state index in [1.807, 2.05) is 5.38 Å². The molecule has 0 saturated heterocycles. The van der Waals surface area contributed by atoms with E-state index in [0.717, 1.165) is 17.8 Å². The molecule has 1 unspecified atom stereocenters. The van der Waals surface area contributed by atoms with Gasteiger partial charge in [-0.3, -0.25) is 0 Å². The van der Waals surface area contributed by atoms with E-state index in [2.05, 4.69) is 0 Å². The molecule has 0 aliphatic heterocycles. The topological polar surface area (TPSA) is 60.2 Å². The van der Waals surface area contributed by atoms with Crippen molar-refractivity contribution in [3.8, 4) is 0 Å². The summed E-state index contributed by atoms with van der Waals surface area (Å²) >= 11 is 1.31. The number of hydrogen-bond donors (Lipinski definition) is 1. The summed E-state index contributed by atoms with van der Waals surface area (Å²) in [5.41, 5.74) is 6.60. The van der Waals surface area contributed by atoms with Crippen LogP contribution >= 0.6 is 11.3 Å². The highest BCUT2D eigenvalue weighted by molar-refractivity contribution is 7.93. The van der Waals surface area contributed by atoms with Crippen LogP contribution in [0.3, 0.4) is 0 Å². The first-order valence-corrected chi connectivity index (χ1v) is 10.5. The highest BCUT2D eigenvalue weighted by Gasteiger charge is 2.53. The first kappa shape index (κ1) is 14.2. The van der Waals surface area contributed by atoms with Crippen LogP contribution < -0.4 is 5.73 Å². The molecule has 4 saturated carbocycles. The van der Waals surface area contributed by atoms with E-state index >= 15 is 0 Å². The van der Waals surface area contributed by atoms with Gasteiger partial charge in [0.15, 0.2) is 9.84 Å². The monoisotopic (exact) mass is 325 g/mol. The van der Waals surface area contributed by atoms with E-state index < -0.39 is 9.84 Å². The van der Waals surface area contributed by atoms with E-state index in [-0.39, 0.29) is 17.2 Å².